The number of nitrogens with one attached hydrogen (secondary N) is 2. The monoisotopic (exact) mass is 486 g/mol. The van der Waals surface area contributed by atoms with E-state index in [2.05, 4.69) is 15.6 Å². The van der Waals surface area contributed by atoms with Gasteiger partial charge in [-0.05, 0) is 74.5 Å². The zero-order chi connectivity index (χ0) is 25.7. The van der Waals surface area contributed by atoms with Crippen molar-refractivity contribution < 1.29 is 13.9 Å². The molecular weight excluding hydrogens is 459 g/mol. The lowest BCUT2D eigenvalue weighted by atomic mass is 10.0. The molecule has 4 aromatic rings. The first-order chi connectivity index (χ1) is 17.4. The number of pyridine rings is 2. The molecule has 184 valence electrons. The third-order valence-corrected chi connectivity index (χ3v) is 5.84. The van der Waals surface area contributed by atoms with E-state index in [0.29, 0.717) is 17.2 Å². The number of benzene rings is 2. The molecule has 2 aromatic heterocycles. The molecule has 0 spiro atoms. The van der Waals surface area contributed by atoms with Gasteiger partial charge in [0.1, 0.15) is 23.0 Å². The Morgan fingerprint density at radius 3 is 2.53 bits per heavy atom. The van der Waals surface area contributed by atoms with Crippen LogP contribution in [0.1, 0.15) is 18.1 Å². The van der Waals surface area contributed by atoms with Crippen LogP contribution < -0.4 is 20.9 Å². The fourth-order valence-electron chi connectivity index (χ4n) is 3.73. The number of halogens is 1. The fraction of sp³-hybridized carbons (Fsp3) is 0.179. The number of carbonyl (C=O) groups is 1. The summed E-state index contributed by atoms with van der Waals surface area (Å²) < 4.78 is 20.6. The highest BCUT2D eigenvalue weighted by Crippen LogP contribution is 2.26. The van der Waals surface area contributed by atoms with E-state index in [1.807, 2.05) is 37.3 Å². The molecule has 7 nitrogen and oxygen atoms in total. The largest absolute Gasteiger partial charge is 0.456 e. The Morgan fingerprint density at radius 1 is 1.06 bits per heavy atom. The molecule has 0 bridgehead atoms. The normalized spacial score (nSPS) is 11.7. The number of aromatic nitrogens is 2. The summed E-state index contributed by atoms with van der Waals surface area (Å²) in [4.78, 5) is 30.3. The average Bonchev–Trinajstić information content (AvgIpc) is 2.88. The summed E-state index contributed by atoms with van der Waals surface area (Å²) in [5.41, 5.74) is 3.20. The maximum atomic E-state index is 13.6. The van der Waals surface area contributed by atoms with E-state index in [0.717, 1.165) is 16.7 Å². The SMILES string of the molecule is CNC(C)C(=O)Nc1ccc(-c2ccccc2C)n(Cc2cncc(Oc3ccc(F)cc3)c2)c1=O. The van der Waals surface area contributed by atoms with Crippen molar-refractivity contribution in [3.05, 3.63) is 106 Å². The molecule has 0 saturated heterocycles. The maximum absolute atomic E-state index is 13.6. The van der Waals surface area contributed by atoms with Gasteiger partial charge in [-0.1, -0.05) is 24.3 Å². The standard InChI is InChI=1S/C28H27FN4O3/c1-18-6-4-5-7-24(18)26-13-12-25(32-27(34)19(2)30-3)28(35)33(26)17-20-14-23(16-31-15-20)36-22-10-8-21(29)9-11-22/h4-16,19,30H,17H2,1-3H3,(H,32,34). The van der Waals surface area contributed by atoms with Crippen molar-refractivity contribution in [2.45, 2.75) is 26.4 Å². The van der Waals surface area contributed by atoms with Crippen LogP contribution in [0.3, 0.4) is 0 Å². The molecule has 1 unspecified atom stereocenters. The van der Waals surface area contributed by atoms with Crippen LogP contribution in [0.4, 0.5) is 10.1 Å². The smallest absolute Gasteiger partial charge is 0.275 e. The lowest BCUT2D eigenvalue weighted by molar-refractivity contribution is -0.117. The molecule has 2 aromatic carbocycles. The highest BCUT2D eigenvalue weighted by molar-refractivity contribution is 5.94. The highest BCUT2D eigenvalue weighted by Gasteiger charge is 2.17. The lowest BCUT2D eigenvalue weighted by Gasteiger charge is -2.18. The topological polar surface area (TPSA) is 85.2 Å². The van der Waals surface area contributed by atoms with Gasteiger partial charge in [0, 0.05) is 11.8 Å². The molecule has 0 radical (unpaired) electrons. The molecule has 0 aliphatic heterocycles. The zero-order valence-corrected chi connectivity index (χ0v) is 20.3. The van der Waals surface area contributed by atoms with E-state index in [1.165, 1.54) is 24.3 Å². The average molecular weight is 487 g/mol. The predicted octanol–water partition coefficient (Wildman–Crippen LogP) is 4.74. The minimum atomic E-state index is -0.460. The Hall–Kier alpha value is -4.30. The Bertz CT molecular complexity index is 1430. The van der Waals surface area contributed by atoms with Gasteiger partial charge in [-0.15, -0.1) is 0 Å². The van der Waals surface area contributed by atoms with Crippen molar-refractivity contribution in [2.75, 3.05) is 12.4 Å². The third-order valence-electron chi connectivity index (χ3n) is 5.84. The first-order valence-electron chi connectivity index (χ1n) is 11.5. The molecule has 0 fully saturated rings. The summed E-state index contributed by atoms with van der Waals surface area (Å²) >= 11 is 0. The van der Waals surface area contributed by atoms with Crippen LogP contribution in [-0.2, 0) is 11.3 Å². The Morgan fingerprint density at radius 2 is 1.81 bits per heavy atom. The molecular formula is C28H27FN4O3. The van der Waals surface area contributed by atoms with Crippen LogP contribution in [0, 0.1) is 12.7 Å². The van der Waals surface area contributed by atoms with Gasteiger partial charge in [0.15, 0.2) is 0 Å². The fourth-order valence-corrected chi connectivity index (χ4v) is 3.73. The third kappa shape index (κ3) is 5.67. The summed E-state index contributed by atoms with van der Waals surface area (Å²) in [6.45, 7) is 3.89. The summed E-state index contributed by atoms with van der Waals surface area (Å²) in [6.07, 6.45) is 3.20. The van der Waals surface area contributed by atoms with Gasteiger partial charge in [-0.3, -0.25) is 14.6 Å². The van der Waals surface area contributed by atoms with E-state index in [-0.39, 0.29) is 29.5 Å². The second-order valence-electron chi connectivity index (χ2n) is 8.42. The van der Waals surface area contributed by atoms with Crippen LogP contribution in [0.15, 0.2) is 83.9 Å². The number of aryl methyl sites for hydroxylation is 1. The Balaban J connectivity index is 1.72. The van der Waals surface area contributed by atoms with E-state index >= 15 is 0 Å². The number of likely N-dealkylation sites (N-methyl/N-ethyl adjacent to an activating group) is 1. The molecule has 0 aliphatic carbocycles. The Kier molecular flexibility index (Phi) is 7.56. The maximum Gasteiger partial charge on any atom is 0.275 e. The van der Waals surface area contributed by atoms with Crippen LogP contribution >= 0.6 is 0 Å². The molecule has 8 heteroatoms. The van der Waals surface area contributed by atoms with Crippen LogP contribution in [0.2, 0.25) is 0 Å². The number of rotatable bonds is 8. The van der Waals surface area contributed by atoms with Crippen molar-refractivity contribution in [1.29, 1.82) is 0 Å². The molecule has 0 aliphatic rings. The summed E-state index contributed by atoms with van der Waals surface area (Å²) in [6, 6.07) is 18.3. The van der Waals surface area contributed by atoms with Gasteiger partial charge >= 0.3 is 0 Å². The number of carbonyl (C=O) groups excluding carboxylic acids is 1. The Labute approximate surface area is 208 Å². The van der Waals surface area contributed by atoms with Crippen molar-refractivity contribution in [3.8, 4) is 22.8 Å². The molecule has 1 amide bonds. The summed E-state index contributed by atoms with van der Waals surface area (Å²) in [7, 11) is 1.68. The van der Waals surface area contributed by atoms with Gasteiger partial charge in [0.25, 0.3) is 5.56 Å². The highest BCUT2D eigenvalue weighted by atomic mass is 19.1. The van der Waals surface area contributed by atoms with Crippen LogP contribution in [-0.4, -0.2) is 28.5 Å². The number of hydrogen-bond acceptors (Lipinski definition) is 5. The number of nitrogens with zero attached hydrogens (tertiary/aromatic N) is 2. The zero-order valence-electron chi connectivity index (χ0n) is 20.3. The van der Waals surface area contributed by atoms with Gasteiger partial charge in [0.05, 0.1) is 24.5 Å². The molecule has 4 rings (SSSR count). The van der Waals surface area contributed by atoms with Gasteiger partial charge in [0.2, 0.25) is 5.91 Å². The number of amides is 1. The van der Waals surface area contributed by atoms with E-state index in [9.17, 15) is 14.0 Å². The van der Waals surface area contributed by atoms with Gasteiger partial charge in [-0.25, -0.2) is 4.39 Å². The van der Waals surface area contributed by atoms with Gasteiger partial charge < -0.3 is 19.9 Å². The minimum Gasteiger partial charge on any atom is -0.456 e. The molecule has 0 saturated carbocycles. The van der Waals surface area contributed by atoms with Crippen LogP contribution in [0.5, 0.6) is 11.5 Å². The first kappa shape index (κ1) is 24.8. The van der Waals surface area contributed by atoms with E-state index in [1.54, 1.807) is 43.1 Å². The van der Waals surface area contributed by atoms with Crippen molar-refractivity contribution >= 4 is 11.6 Å². The van der Waals surface area contributed by atoms with Crippen molar-refractivity contribution in [1.82, 2.24) is 14.9 Å². The summed E-state index contributed by atoms with van der Waals surface area (Å²) in [5.74, 6) is 0.267. The lowest BCUT2D eigenvalue weighted by Crippen LogP contribution is -2.37. The molecule has 2 heterocycles. The molecule has 1 atom stereocenters. The molecule has 2 N–H and O–H groups in total. The first-order valence-corrected chi connectivity index (χ1v) is 11.5. The van der Waals surface area contributed by atoms with E-state index in [4.69, 9.17) is 4.74 Å². The van der Waals surface area contributed by atoms with Crippen molar-refractivity contribution in [3.63, 3.8) is 0 Å². The van der Waals surface area contributed by atoms with E-state index < -0.39 is 6.04 Å². The predicted molar refractivity (Wildman–Crippen MR) is 138 cm³/mol. The van der Waals surface area contributed by atoms with Gasteiger partial charge in [-0.2, -0.15) is 0 Å². The second kappa shape index (κ2) is 11.0. The van der Waals surface area contributed by atoms with Crippen LogP contribution in [0.25, 0.3) is 11.3 Å². The number of anilines is 1. The second-order valence-corrected chi connectivity index (χ2v) is 8.42. The molecule has 36 heavy (non-hydrogen) atoms. The summed E-state index contributed by atoms with van der Waals surface area (Å²) in [5, 5.41) is 5.59. The minimum absolute atomic E-state index is 0.186. The quantitative estimate of drug-likeness (QED) is 0.376. The number of hydrogen-bond donors (Lipinski definition) is 2. The number of ether oxygens (including phenoxy) is 1. The van der Waals surface area contributed by atoms with Crippen molar-refractivity contribution in [2.24, 2.45) is 0 Å².